The summed E-state index contributed by atoms with van der Waals surface area (Å²) in [5.41, 5.74) is 0. The van der Waals surface area contributed by atoms with E-state index in [1.807, 2.05) is 0 Å². The average molecular weight is 199 g/mol. The summed E-state index contributed by atoms with van der Waals surface area (Å²) in [6.45, 7) is 14.1. The van der Waals surface area contributed by atoms with Crippen LogP contribution in [0.15, 0.2) is 0 Å². The molecular weight excluding hydrogens is 170 g/mol. The van der Waals surface area contributed by atoms with Gasteiger partial charge in [-0.05, 0) is 38.3 Å². The first kappa shape index (κ1) is 14.0. The third-order valence-corrected chi connectivity index (χ3v) is 2.84. The molecule has 1 heteroatoms. The Morgan fingerprint density at radius 1 is 0.857 bits per heavy atom. The number of rotatable bonds is 8. The largest absolute Gasteiger partial charge is 0.300 e. The molecule has 0 aliphatic rings. The molecule has 0 bridgehead atoms. The standard InChI is InChI=1S/C13H29N/c1-6-9-13(12(4)5)14(10-7-2)11-8-3/h12-13H,6-11H2,1-5H3. The molecule has 0 rings (SSSR count). The van der Waals surface area contributed by atoms with Crippen molar-refractivity contribution < 1.29 is 0 Å². The van der Waals surface area contributed by atoms with Gasteiger partial charge in [0.1, 0.15) is 0 Å². The molecule has 0 aromatic carbocycles. The number of hydrogen-bond acceptors (Lipinski definition) is 1. The normalized spacial score (nSPS) is 13.9. The zero-order valence-electron chi connectivity index (χ0n) is 10.8. The lowest BCUT2D eigenvalue weighted by Gasteiger charge is -2.34. The highest BCUT2D eigenvalue weighted by atomic mass is 15.1. The van der Waals surface area contributed by atoms with E-state index in [0.717, 1.165) is 12.0 Å². The van der Waals surface area contributed by atoms with E-state index in [1.54, 1.807) is 0 Å². The van der Waals surface area contributed by atoms with E-state index < -0.39 is 0 Å². The number of nitrogens with zero attached hydrogens (tertiary/aromatic N) is 1. The van der Waals surface area contributed by atoms with Crippen molar-refractivity contribution in [3.8, 4) is 0 Å². The fraction of sp³-hybridized carbons (Fsp3) is 1.00. The van der Waals surface area contributed by atoms with Crippen molar-refractivity contribution in [2.24, 2.45) is 5.92 Å². The van der Waals surface area contributed by atoms with E-state index in [-0.39, 0.29) is 0 Å². The van der Waals surface area contributed by atoms with Crippen molar-refractivity contribution in [3.63, 3.8) is 0 Å². The molecule has 0 aromatic rings. The maximum Gasteiger partial charge on any atom is 0.0118 e. The monoisotopic (exact) mass is 199 g/mol. The third-order valence-electron chi connectivity index (χ3n) is 2.84. The van der Waals surface area contributed by atoms with Crippen LogP contribution in [0.1, 0.15) is 60.3 Å². The topological polar surface area (TPSA) is 3.24 Å². The zero-order valence-corrected chi connectivity index (χ0v) is 10.8. The molecule has 1 unspecified atom stereocenters. The molecule has 0 aromatic heterocycles. The van der Waals surface area contributed by atoms with Crippen molar-refractivity contribution >= 4 is 0 Å². The Balaban J connectivity index is 4.21. The van der Waals surface area contributed by atoms with E-state index in [9.17, 15) is 0 Å². The SMILES string of the molecule is CCCC(C(C)C)N(CCC)CCC. The molecule has 0 saturated heterocycles. The predicted octanol–water partition coefficient (Wildman–Crippen LogP) is 3.93. The summed E-state index contributed by atoms with van der Waals surface area (Å²) in [5, 5.41) is 0. The molecule has 0 spiro atoms. The summed E-state index contributed by atoms with van der Waals surface area (Å²) < 4.78 is 0. The molecule has 0 radical (unpaired) electrons. The summed E-state index contributed by atoms with van der Waals surface area (Å²) in [5.74, 6) is 0.799. The summed E-state index contributed by atoms with van der Waals surface area (Å²) in [4.78, 5) is 2.69. The van der Waals surface area contributed by atoms with Crippen molar-refractivity contribution in [3.05, 3.63) is 0 Å². The first-order valence-electron chi connectivity index (χ1n) is 6.41. The van der Waals surface area contributed by atoms with Crippen LogP contribution >= 0.6 is 0 Å². The second-order valence-electron chi connectivity index (χ2n) is 4.64. The van der Waals surface area contributed by atoms with Gasteiger partial charge in [-0.3, -0.25) is 0 Å². The molecule has 0 heterocycles. The first-order chi connectivity index (χ1) is 6.67. The quantitative estimate of drug-likeness (QED) is 0.572. The van der Waals surface area contributed by atoms with Crippen LogP contribution in [0.25, 0.3) is 0 Å². The van der Waals surface area contributed by atoms with Crippen molar-refractivity contribution in [2.45, 2.75) is 66.3 Å². The lowest BCUT2D eigenvalue weighted by atomic mass is 9.97. The first-order valence-corrected chi connectivity index (χ1v) is 6.41. The van der Waals surface area contributed by atoms with Gasteiger partial charge in [-0.1, -0.05) is 41.0 Å². The fourth-order valence-corrected chi connectivity index (χ4v) is 2.25. The van der Waals surface area contributed by atoms with Gasteiger partial charge in [0, 0.05) is 6.04 Å². The Labute approximate surface area is 90.9 Å². The van der Waals surface area contributed by atoms with Crippen molar-refractivity contribution in [1.82, 2.24) is 4.90 Å². The van der Waals surface area contributed by atoms with Gasteiger partial charge in [0.05, 0.1) is 0 Å². The van der Waals surface area contributed by atoms with Crippen LogP contribution < -0.4 is 0 Å². The molecule has 0 saturated carbocycles. The van der Waals surface area contributed by atoms with Gasteiger partial charge in [0.25, 0.3) is 0 Å². The lowest BCUT2D eigenvalue weighted by Crippen LogP contribution is -2.40. The molecule has 0 aliphatic heterocycles. The lowest BCUT2D eigenvalue weighted by molar-refractivity contribution is 0.145. The minimum Gasteiger partial charge on any atom is -0.300 e. The van der Waals surface area contributed by atoms with Crippen LogP contribution in [0.4, 0.5) is 0 Å². The fourth-order valence-electron chi connectivity index (χ4n) is 2.25. The van der Waals surface area contributed by atoms with Gasteiger partial charge in [-0.15, -0.1) is 0 Å². The van der Waals surface area contributed by atoms with Gasteiger partial charge in [-0.25, -0.2) is 0 Å². The second kappa shape index (κ2) is 8.28. The molecule has 0 aliphatic carbocycles. The van der Waals surface area contributed by atoms with Crippen LogP contribution in [0.3, 0.4) is 0 Å². The third kappa shape index (κ3) is 4.99. The predicted molar refractivity (Wildman–Crippen MR) is 65.7 cm³/mol. The minimum absolute atomic E-state index is 0.799. The van der Waals surface area contributed by atoms with Crippen molar-refractivity contribution in [2.75, 3.05) is 13.1 Å². The average Bonchev–Trinajstić information content (AvgIpc) is 2.13. The Morgan fingerprint density at radius 3 is 1.64 bits per heavy atom. The second-order valence-corrected chi connectivity index (χ2v) is 4.64. The van der Waals surface area contributed by atoms with Crippen LogP contribution in [0.2, 0.25) is 0 Å². The smallest absolute Gasteiger partial charge is 0.0118 e. The summed E-state index contributed by atoms with van der Waals surface area (Å²) in [7, 11) is 0. The van der Waals surface area contributed by atoms with E-state index >= 15 is 0 Å². The van der Waals surface area contributed by atoms with E-state index in [0.29, 0.717) is 0 Å². The van der Waals surface area contributed by atoms with Gasteiger partial charge in [0.15, 0.2) is 0 Å². The Kier molecular flexibility index (Phi) is 8.26. The summed E-state index contributed by atoms with van der Waals surface area (Å²) in [6.07, 6.45) is 5.24. The molecule has 86 valence electrons. The summed E-state index contributed by atoms with van der Waals surface area (Å²) >= 11 is 0. The zero-order chi connectivity index (χ0) is 11.0. The van der Waals surface area contributed by atoms with E-state index in [1.165, 1.54) is 38.8 Å². The number of hydrogen-bond donors (Lipinski definition) is 0. The molecule has 1 atom stereocenters. The van der Waals surface area contributed by atoms with Gasteiger partial charge in [0.2, 0.25) is 0 Å². The Hall–Kier alpha value is -0.0400. The highest BCUT2D eigenvalue weighted by molar-refractivity contribution is 4.74. The molecule has 14 heavy (non-hydrogen) atoms. The minimum atomic E-state index is 0.799. The van der Waals surface area contributed by atoms with Crippen molar-refractivity contribution in [1.29, 1.82) is 0 Å². The van der Waals surface area contributed by atoms with Gasteiger partial charge in [-0.2, -0.15) is 0 Å². The van der Waals surface area contributed by atoms with E-state index in [4.69, 9.17) is 0 Å². The van der Waals surface area contributed by atoms with Crippen LogP contribution in [-0.4, -0.2) is 24.0 Å². The van der Waals surface area contributed by atoms with Crippen LogP contribution in [-0.2, 0) is 0 Å². The Morgan fingerprint density at radius 2 is 1.36 bits per heavy atom. The van der Waals surface area contributed by atoms with Gasteiger partial charge >= 0.3 is 0 Å². The van der Waals surface area contributed by atoms with Gasteiger partial charge < -0.3 is 4.90 Å². The maximum absolute atomic E-state index is 2.69. The molecule has 1 nitrogen and oxygen atoms in total. The van der Waals surface area contributed by atoms with E-state index in [2.05, 4.69) is 39.5 Å². The Bertz CT molecular complexity index is 114. The molecule has 0 amide bonds. The maximum atomic E-state index is 2.69. The highest BCUT2D eigenvalue weighted by Gasteiger charge is 2.19. The highest BCUT2D eigenvalue weighted by Crippen LogP contribution is 2.17. The summed E-state index contributed by atoms with van der Waals surface area (Å²) in [6, 6.07) is 0.805. The van der Waals surface area contributed by atoms with Crippen LogP contribution in [0.5, 0.6) is 0 Å². The molecule has 0 N–H and O–H groups in total. The molecular formula is C13H29N. The van der Waals surface area contributed by atoms with Crippen LogP contribution in [0, 0.1) is 5.92 Å². The molecule has 0 fully saturated rings.